The van der Waals surface area contributed by atoms with Crippen LogP contribution in [0.25, 0.3) is 0 Å². The number of aliphatic hydroxyl groups excluding tert-OH is 2. The van der Waals surface area contributed by atoms with Crippen LogP contribution in [0.1, 0.15) is 33.1 Å². The van der Waals surface area contributed by atoms with E-state index in [1.807, 2.05) is 26.0 Å². The first kappa shape index (κ1) is 14.0. The van der Waals surface area contributed by atoms with Crippen LogP contribution in [0.5, 0.6) is 0 Å². The van der Waals surface area contributed by atoms with Gasteiger partial charge < -0.3 is 10.2 Å². The Bertz CT molecular complexity index is 350. The molecule has 0 saturated carbocycles. The quantitative estimate of drug-likeness (QED) is 0.685. The molecule has 0 aromatic rings. The average Bonchev–Trinajstić information content (AvgIpc) is 2.30. The Labute approximate surface area is 103 Å². The summed E-state index contributed by atoms with van der Waals surface area (Å²) in [4.78, 5) is 0. The highest BCUT2D eigenvalue weighted by atomic mass is 16.3. The maximum Gasteiger partial charge on any atom is 0.0774 e. The average molecular weight is 235 g/mol. The van der Waals surface area contributed by atoms with E-state index in [-0.39, 0.29) is 17.9 Å². The van der Waals surface area contributed by atoms with E-state index < -0.39 is 6.10 Å². The molecular formula is C14H21NO2. The van der Waals surface area contributed by atoms with Gasteiger partial charge in [-0.1, -0.05) is 32.1 Å². The van der Waals surface area contributed by atoms with Crippen LogP contribution in [-0.4, -0.2) is 22.9 Å². The van der Waals surface area contributed by atoms with Gasteiger partial charge in [0.15, 0.2) is 0 Å². The molecule has 3 nitrogen and oxygen atoms in total. The van der Waals surface area contributed by atoms with Gasteiger partial charge in [-0.05, 0) is 30.3 Å². The number of aliphatic hydroxyl groups is 2. The maximum absolute atomic E-state index is 10.1. The van der Waals surface area contributed by atoms with E-state index in [4.69, 9.17) is 5.26 Å². The van der Waals surface area contributed by atoms with Gasteiger partial charge in [0.2, 0.25) is 0 Å². The van der Waals surface area contributed by atoms with E-state index >= 15 is 0 Å². The Hall–Kier alpha value is -1.11. The predicted molar refractivity (Wildman–Crippen MR) is 67.1 cm³/mol. The van der Waals surface area contributed by atoms with Gasteiger partial charge in [-0.25, -0.2) is 0 Å². The zero-order valence-electron chi connectivity index (χ0n) is 10.6. The van der Waals surface area contributed by atoms with E-state index in [0.29, 0.717) is 19.3 Å². The SMILES string of the molecule is CC1(C)C/C(CO)=C\C[C@@H](C#N)C/C=C\C1O. The van der Waals surface area contributed by atoms with Crippen LogP contribution >= 0.6 is 0 Å². The number of allylic oxidation sites excluding steroid dienone is 2. The molecular weight excluding hydrogens is 214 g/mol. The molecule has 17 heavy (non-hydrogen) atoms. The van der Waals surface area contributed by atoms with Crippen molar-refractivity contribution in [1.82, 2.24) is 0 Å². The molecule has 0 aliphatic heterocycles. The van der Waals surface area contributed by atoms with Crippen molar-refractivity contribution < 1.29 is 10.2 Å². The van der Waals surface area contributed by atoms with Crippen LogP contribution in [0.15, 0.2) is 23.8 Å². The summed E-state index contributed by atoms with van der Waals surface area (Å²) in [6.45, 7) is 3.96. The molecule has 0 saturated heterocycles. The minimum absolute atomic E-state index is 0.00197. The zero-order chi connectivity index (χ0) is 12.9. The molecule has 0 amide bonds. The number of nitrogens with zero attached hydrogens (tertiary/aromatic N) is 1. The van der Waals surface area contributed by atoms with Gasteiger partial charge in [-0.3, -0.25) is 0 Å². The first-order valence-corrected chi connectivity index (χ1v) is 6.02. The fraction of sp³-hybridized carbons (Fsp3) is 0.643. The van der Waals surface area contributed by atoms with Gasteiger partial charge in [-0.15, -0.1) is 0 Å². The van der Waals surface area contributed by atoms with Crippen molar-refractivity contribution in [3.63, 3.8) is 0 Å². The Morgan fingerprint density at radius 1 is 1.47 bits per heavy atom. The van der Waals surface area contributed by atoms with Crippen LogP contribution in [0.2, 0.25) is 0 Å². The Morgan fingerprint density at radius 2 is 2.18 bits per heavy atom. The number of hydrogen-bond donors (Lipinski definition) is 2. The number of nitriles is 1. The van der Waals surface area contributed by atoms with Crippen LogP contribution in [0, 0.1) is 22.7 Å². The third-order valence-electron chi connectivity index (χ3n) is 3.30. The summed E-state index contributed by atoms with van der Waals surface area (Å²) < 4.78 is 0. The molecule has 1 aliphatic carbocycles. The highest BCUT2D eigenvalue weighted by Crippen LogP contribution is 2.31. The summed E-state index contributed by atoms with van der Waals surface area (Å²) in [5, 5.41) is 28.3. The summed E-state index contributed by atoms with van der Waals surface area (Å²) in [5.41, 5.74) is 0.620. The number of rotatable bonds is 1. The van der Waals surface area contributed by atoms with Crippen LogP contribution in [0.4, 0.5) is 0 Å². The summed E-state index contributed by atoms with van der Waals surface area (Å²) in [7, 11) is 0. The second-order valence-electron chi connectivity index (χ2n) is 5.36. The second-order valence-corrected chi connectivity index (χ2v) is 5.36. The largest absolute Gasteiger partial charge is 0.392 e. The zero-order valence-corrected chi connectivity index (χ0v) is 10.6. The highest BCUT2D eigenvalue weighted by molar-refractivity contribution is 5.12. The molecule has 0 spiro atoms. The van der Waals surface area contributed by atoms with E-state index in [0.717, 1.165) is 5.57 Å². The molecule has 1 rings (SSSR count). The minimum Gasteiger partial charge on any atom is -0.392 e. The number of hydrogen-bond acceptors (Lipinski definition) is 3. The van der Waals surface area contributed by atoms with Gasteiger partial charge in [0.25, 0.3) is 0 Å². The fourth-order valence-corrected chi connectivity index (χ4v) is 2.03. The van der Waals surface area contributed by atoms with Gasteiger partial charge in [-0.2, -0.15) is 5.26 Å². The summed E-state index contributed by atoms with van der Waals surface area (Å²) in [6, 6.07) is 2.24. The van der Waals surface area contributed by atoms with Crippen molar-refractivity contribution in [2.45, 2.75) is 39.2 Å². The maximum atomic E-state index is 10.1. The van der Waals surface area contributed by atoms with Gasteiger partial charge in [0.05, 0.1) is 24.7 Å². The van der Waals surface area contributed by atoms with E-state index in [1.54, 1.807) is 6.08 Å². The molecule has 94 valence electrons. The van der Waals surface area contributed by atoms with E-state index in [9.17, 15) is 10.2 Å². The van der Waals surface area contributed by atoms with Crippen LogP contribution in [0.3, 0.4) is 0 Å². The van der Waals surface area contributed by atoms with Gasteiger partial charge in [0.1, 0.15) is 0 Å². The van der Waals surface area contributed by atoms with E-state index in [1.165, 1.54) is 0 Å². The topological polar surface area (TPSA) is 64.2 Å². The third kappa shape index (κ3) is 3.99. The van der Waals surface area contributed by atoms with Gasteiger partial charge >= 0.3 is 0 Å². The normalized spacial score (nSPS) is 34.2. The van der Waals surface area contributed by atoms with Crippen molar-refractivity contribution in [2.75, 3.05) is 6.61 Å². The molecule has 0 radical (unpaired) electrons. The molecule has 2 N–H and O–H groups in total. The lowest BCUT2D eigenvalue weighted by Gasteiger charge is -2.30. The second kappa shape index (κ2) is 6.00. The molecule has 2 atom stereocenters. The summed E-state index contributed by atoms with van der Waals surface area (Å²) in [6.07, 6.45) is 7.02. The fourth-order valence-electron chi connectivity index (χ4n) is 2.03. The Kier molecular flexibility index (Phi) is 4.92. The standard InChI is InChI=1S/C14H21NO2/c1-14(2)8-12(10-16)7-6-11(9-15)4-3-5-13(14)17/h3,5,7,11,13,16-17H,4,6,8,10H2,1-2H3/b5-3-,12-7+/t11-,13?/m0/s1. The predicted octanol–water partition coefficient (Wildman–Crippen LogP) is 2.17. The van der Waals surface area contributed by atoms with Crippen molar-refractivity contribution in [2.24, 2.45) is 11.3 Å². The summed E-state index contributed by atoms with van der Waals surface area (Å²) in [5.74, 6) is -0.0683. The Balaban J connectivity index is 2.92. The van der Waals surface area contributed by atoms with Crippen LogP contribution in [-0.2, 0) is 0 Å². The summed E-state index contributed by atoms with van der Waals surface area (Å²) >= 11 is 0. The molecule has 0 bridgehead atoms. The minimum atomic E-state index is -0.546. The van der Waals surface area contributed by atoms with Crippen molar-refractivity contribution in [3.05, 3.63) is 23.8 Å². The Morgan fingerprint density at radius 3 is 2.76 bits per heavy atom. The molecule has 0 heterocycles. The smallest absolute Gasteiger partial charge is 0.0774 e. The lowest BCUT2D eigenvalue weighted by atomic mass is 9.79. The van der Waals surface area contributed by atoms with Gasteiger partial charge in [0, 0.05) is 0 Å². The third-order valence-corrected chi connectivity index (χ3v) is 3.30. The molecule has 0 fully saturated rings. The van der Waals surface area contributed by atoms with Crippen molar-refractivity contribution in [3.8, 4) is 6.07 Å². The monoisotopic (exact) mass is 235 g/mol. The van der Waals surface area contributed by atoms with E-state index in [2.05, 4.69) is 6.07 Å². The molecule has 0 aromatic heterocycles. The first-order valence-electron chi connectivity index (χ1n) is 6.02. The van der Waals surface area contributed by atoms with Crippen molar-refractivity contribution in [1.29, 1.82) is 5.26 Å². The van der Waals surface area contributed by atoms with Crippen LogP contribution < -0.4 is 0 Å². The molecule has 3 heteroatoms. The molecule has 0 aromatic carbocycles. The lowest BCUT2D eigenvalue weighted by molar-refractivity contribution is 0.0877. The first-order chi connectivity index (χ1) is 7.99. The molecule has 1 aliphatic rings. The van der Waals surface area contributed by atoms with Crippen molar-refractivity contribution >= 4 is 0 Å². The lowest BCUT2D eigenvalue weighted by Crippen LogP contribution is -2.28. The highest BCUT2D eigenvalue weighted by Gasteiger charge is 2.27. The molecule has 1 unspecified atom stereocenters.